The molecular formula is C12H17NO4. The molecule has 1 heterocycles. The van der Waals surface area contributed by atoms with Crippen molar-refractivity contribution in [1.82, 2.24) is 4.98 Å². The molecule has 0 aliphatic heterocycles. The van der Waals surface area contributed by atoms with Crippen LogP contribution in [0.25, 0.3) is 0 Å². The van der Waals surface area contributed by atoms with Gasteiger partial charge in [-0.3, -0.25) is 4.79 Å². The largest absolute Gasteiger partial charge is 0.493 e. The summed E-state index contributed by atoms with van der Waals surface area (Å²) in [6.45, 7) is 4.13. The van der Waals surface area contributed by atoms with Crippen LogP contribution in [-0.2, 0) is 4.74 Å². The highest BCUT2D eigenvalue weighted by atomic mass is 16.7. The van der Waals surface area contributed by atoms with Gasteiger partial charge in [-0.2, -0.15) is 0 Å². The monoisotopic (exact) mass is 239 g/mol. The van der Waals surface area contributed by atoms with Crippen LogP contribution in [-0.4, -0.2) is 31.3 Å². The van der Waals surface area contributed by atoms with E-state index in [4.69, 9.17) is 14.2 Å². The molecule has 0 atom stereocenters. The molecular weight excluding hydrogens is 222 g/mol. The summed E-state index contributed by atoms with van der Waals surface area (Å²) in [5.74, 6) is 0.637. The molecule has 5 heteroatoms. The Morgan fingerprint density at radius 1 is 1.47 bits per heavy atom. The van der Waals surface area contributed by atoms with Gasteiger partial charge in [0.2, 0.25) is 0 Å². The normalized spacial score (nSPS) is 10.1. The number of nitrogens with zero attached hydrogens (tertiary/aromatic N) is 1. The van der Waals surface area contributed by atoms with Crippen molar-refractivity contribution in [3.63, 3.8) is 0 Å². The van der Waals surface area contributed by atoms with Gasteiger partial charge < -0.3 is 14.2 Å². The van der Waals surface area contributed by atoms with Crippen LogP contribution in [0.1, 0.15) is 30.8 Å². The molecule has 0 aliphatic rings. The fraction of sp³-hybridized carbons (Fsp3) is 0.500. The zero-order valence-electron chi connectivity index (χ0n) is 10.4. The average molecular weight is 239 g/mol. The minimum Gasteiger partial charge on any atom is -0.493 e. The maximum absolute atomic E-state index is 11.4. The molecule has 0 bridgehead atoms. The standard InChI is InChI=1S/C12H17NO4/c1-4-7-16-8-17-12-10(15-3)5-6-13-11(12)9(2)14/h5-6H,4,7-8H2,1-3H3. The van der Waals surface area contributed by atoms with Crippen molar-refractivity contribution in [2.45, 2.75) is 20.3 Å². The lowest BCUT2D eigenvalue weighted by atomic mass is 10.2. The Morgan fingerprint density at radius 2 is 2.24 bits per heavy atom. The maximum Gasteiger partial charge on any atom is 0.193 e. The molecule has 0 N–H and O–H groups in total. The molecule has 0 aliphatic carbocycles. The van der Waals surface area contributed by atoms with E-state index in [0.717, 1.165) is 6.42 Å². The summed E-state index contributed by atoms with van der Waals surface area (Å²) in [6.07, 6.45) is 2.42. The third-order valence-corrected chi connectivity index (χ3v) is 2.06. The molecule has 0 saturated heterocycles. The van der Waals surface area contributed by atoms with Crippen molar-refractivity contribution in [3.05, 3.63) is 18.0 Å². The SMILES string of the molecule is CCCOCOc1c(OC)ccnc1C(C)=O. The van der Waals surface area contributed by atoms with E-state index in [0.29, 0.717) is 18.1 Å². The Kier molecular flexibility index (Phi) is 5.42. The van der Waals surface area contributed by atoms with Gasteiger partial charge in [-0.05, 0) is 6.42 Å². The van der Waals surface area contributed by atoms with Crippen LogP contribution in [0, 0.1) is 0 Å². The second-order valence-electron chi connectivity index (χ2n) is 3.42. The van der Waals surface area contributed by atoms with E-state index < -0.39 is 0 Å². The first kappa shape index (κ1) is 13.4. The van der Waals surface area contributed by atoms with Gasteiger partial charge in [-0.25, -0.2) is 4.98 Å². The predicted molar refractivity (Wildman–Crippen MR) is 62.5 cm³/mol. The highest BCUT2D eigenvalue weighted by Gasteiger charge is 2.15. The lowest BCUT2D eigenvalue weighted by Gasteiger charge is -2.12. The third kappa shape index (κ3) is 3.71. The van der Waals surface area contributed by atoms with E-state index >= 15 is 0 Å². The molecule has 0 radical (unpaired) electrons. The smallest absolute Gasteiger partial charge is 0.193 e. The maximum atomic E-state index is 11.4. The first-order chi connectivity index (χ1) is 8.20. The average Bonchev–Trinajstić information content (AvgIpc) is 2.34. The van der Waals surface area contributed by atoms with Gasteiger partial charge in [0, 0.05) is 19.2 Å². The lowest BCUT2D eigenvalue weighted by Crippen LogP contribution is -2.09. The van der Waals surface area contributed by atoms with Gasteiger partial charge in [0.25, 0.3) is 0 Å². The van der Waals surface area contributed by atoms with Crippen LogP contribution < -0.4 is 9.47 Å². The Hall–Kier alpha value is -1.62. The van der Waals surface area contributed by atoms with Crippen LogP contribution in [0.2, 0.25) is 0 Å². The second kappa shape index (κ2) is 6.85. The van der Waals surface area contributed by atoms with Gasteiger partial charge in [-0.1, -0.05) is 6.92 Å². The Labute approximate surface area is 101 Å². The van der Waals surface area contributed by atoms with Crippen molar-refractivity contribution in [3.8, 4) is 11.5 Å². The van der Waals surface area contributed by atoms with E-state index in [1.165, 1.54) is 20.2 Å². The predicted octanol–water partition coefficient (Wildman–Crippen LogP) is 2.06. The van der Waals surface area contributed by atoms with Crippen LogP contribution in [0.5, 0.6) is 11.5 Å². The van der Waals surface area contributed by atoms with E-state index in [1.807, 2.05) is 6.92 Å². The van der Waals surface area contributed by atoms with Gasteiger partial charge in [0.1, 0.15) is 0 Å². The van der Waals surface area contributed by atoms with Crippen LogP contribution >= 0.6 is 0 Å². The number of ether oxygens (including phenoxy) is 3. The first-order valence-electron chi connectivity index (χ1n) is 5.45. The zero-order valence-corrected chi connectivity index (χ0v) is 10.4. The molecule has 0 amide bonds. The first-order valence-corrected chi connectivity index (χ1v) is 5.45. The van der Waals surface area contributed by atoms with Crippen molar-refractivity contribution in [1.29, 1.82) is 0 Å². The fourth-order valence-electron chi connectivity index (χ4n) is 1.29. The molecule has 5 nitrogen and oxygen atoms in total. The molecule has 94 valence electrons. The number of aromatic nitrogens is 1. The van der Waals surface area contributed by atoms with Crippen molar-refractivity contribution in [2.75, 3.05) is 20.5 Å². The second-order valence-corrected chi connectivity index (χ2v) is 3.42. The van der Waals surface area contributed by atoms with Crippen molar-refractivity contribution in [2.24, 2.45) is 0 Å². The minimum atomic E-state index is -0.172. The highest BCUT2D eigenvalue weighted by Crippen LogP contribution is 2.29. The summed E-state index contributed by atoms with van der Waals surface area (Å²) in [5, 5.41) is 0. The molecule has 1 aromatic rings. The summed E-state index contributed by atoms with van der Waals surface area (Å²) in [7, 11) is 1.51. The van der Waals surface area contributed by atoms with Crippen LogP contribution in [0.15, 0.2) is 12.3 Å². The molecule has 1 rings (SSSR count). The number of carbonyl (C=O) groups excluding carboxylic acids is 1. The molecule has 0 unspecified atom stereocenters. The van der Waals surface area contributed by atoms with E-state index in [-0.39, 0.29) is 18.3 Å². The molecule has 0 aromatic carbocycles. The third-order valence-electron chi connectivity index (χ3n) is 2.06. The number of rotatable bonds is 7. The van der Waals surface area contributed by atoms with Gasteiger partial charge in [-0.15, -0.1) is 0 Å². The van der Waals surface area contributed by atoms with Gasteiger partial charge >= 0.3 is 0 Å². The number of ketones is 1. The van der Waals surface area contributed by atoms with Gasteiger partial charge in [0.05, 0.1) is 13.7 Å². The zero-order chi connectivity index (χ0) is 12.7. The van der Waals surface area contributed by atoms with Crippen molar-refractivity contribution < 1.29 is 19.0 Å². The van der Waals surface area contributed by atoms with E-state index in [2.05, 4.69) is 4.98 Å². The van der Waals surface area contributed by atoms with Crippen molar-refractivity contribution >= 4 is 5.78 Å². The van der Waals surface area contributed by atoms with E-state index in [9.17, 15) is 4.79 Å². The number of pyridine rings is 1. The number of hydrogen-bond donors (Lipinski definition) is 0. The summed E-state index contributed by atoms with van der Waals surface area (Å²) >= 11 is 0. The fourth-order valence-corrected chi connectivity index (χ4v) is 1.29. The molecule has 1 aromatic heterocycles. The highest BCUT2D eigenvalue weighted by molar-refractivity contribution is 5.95. The van der Waals surface area contributed by atoms with Crippen LogP contribution in [0.3, 0.4) is 0 Å². The van der Waals surface area contributed by atoms with Crippen LogP contribution in [0.4, 0.5) is 0 Å². The minimum absolute atomic E-state index is 0.0795. The summed E-state index contributed by atoms with van der Waals surface area (Å²) in [5.41, 5.74) is 0.254. The Balaban J connectivity index is 2.82. The Bertz CT molecular complexity index is 379. The molecule has 0 spiro atoms. The molecule has 0 fully saturated rings. The molecule has 0 saturated carbocycles. The quantitative estimate of drug-likeness (QED) is 0.414. The number of hydrogen-bond acceptors (Lipinski definition) is 5. The van der Waals surface area contributed by atoms with E-state index in [1.54, 1.807) is 6.07 Å². The summed E-state index contributed by atoms with van der Waals surface area (Å²) in [6, 6.07) is 1.64. The summed E-state index contributed by atoms with van der Waals surface area (Å²) in [4.78, 5) is 15.4. The Morgan fingerprint density at radius 3 is 2.82 bits per heavy atom. The number of carbonyl (C=O) groups is 1. The van der Waals surface area contributed by atoms with Gasteiger partial charge in [0.15, 0.2) is 29.8 Å². The molecule has 17 heavy (non-hydrogen) atoms. The lowest BCUT2D eigenvalue weighted by molar-refractivity contribution is 0.0136. The number of Topliss-reactive ketones (excluding diaryl/α,β-unsaturated/α-hetero) is 1. The topological polar surface area (TPSA) is 57.6 Å². The number of methoxy groups -OCH3 is 1. The summed E-state index contributed by atoms with van der Waals surface area (Å²) < 4.78 is 15.7.